The molecule has 9 heteroatoms. The van der Waals surface area contributed by atoms with Crippen LogP contribution in [0.2, 0.25) is 0 Å². The SMILES string of the molecule is CCN(CC)c1ccc2nc3ccc(N=Nc4ccc(NCCCN5C(=O)C=CC5=O)cc4)cc3[n+](-c3ccccc3)c2c1. The molecule has 1 aliphatic rings. The number of carbonyl (C=O) groups is 2. The molecule has 0 saturated heterocycles. The number of imide groups is 1. The zero-order chi connectivity index (χ0) is 30.5. The third-order valence-corrected chi connectivity index (χ3v) is 7.72. The largest absolute Gasteiger partial charge is 0.385 e. The smallest absolute Gasteiger partial charge is 0.253 e. The number of anilines is 2. The quantitative estimate of drug-likeness (QED) is 0.0617. The van der Waals surface area contributed by atoms with Crippen LogP contribution in [0, 0.1) is 0 Å². The monoisotopic (exact) mass is 584 g/mol. The summed E-state index contributed by atoms with van der Waals surface area (Å²) in [6, 6.07) is 30.4. The van der Waals surface area contributed by atoms with Gasteiger partial charge in [0.25, 0.3) is 11.8 Å². The van der Waals surface area contributed by atoms with Gasteiger partial charge in [0.05, 0.1) is 11.4 Å². The molecule has 4 aromatic carbocycles. The Morgan fingerprint density at radius 3 is 2.11 bits per heavy atom. The lowest BCUT2D eigenvalue weighted by Crippen LogP contribution is -2.33. The number of nitrogens with zero attached hydrogens (tertiary/aromatic N) is 6. The molecule has 0 radical (unpaired) electrons. The number of hydrogen-bond donors (Lipinski definition) is 1. The minimum atomic E-state index is -0.250. The van der Waals surface area contributed by atoms with Gasteiger partial charge in [-0.15, -0.1) is 4.57 Å². The van der Waals surface area contributed by atoms with Crippen molar-refractivity contribution in [3.05, 3.63) is 103 Å². The summed E-state index contributed by atoms with van der Waals surface area (Å²) in [5, 5.41) is 12.4. The van der Waals surface area contributed by atoms with Gasteiger partial charge in [0, 0.05) is 74.0 Å². The lowest BCUT2D eigenvalue weighted by atomic mass is 10.1. The van der Waals surface area contributed by atoms with E-state index in [-0.39, 0.29) is 11.8 Å². The first kappa shape index (κ1) is 28.7. The molecule has 2 heterocycles. The van der Waals surface area contributed by atoms with Crippen LogP contribution in [-0.4, -0.2) is 47.9 Å². The van der Waals surface area contributed by atoms with E-state index >= 15 is 0 Å². The Morgan fingerprint density at radius 1 is 0.773 bits per heavy atom. The number of hydrogen-bond acceptors (Lipinski definition) is 7. The van der Waals surface area contributed by atoms with Crippen LogP contribution in [0.25, 0.3) is 27.8 Å². The molecule has 0 atom stereocenters. The number of rotatable bonds is 11. The fourth-order valence-electron chi connectivity index (χ4n) is 5.42. The van der Waals surface area contributed by atoms with Crippen molar-refractivity contribution in [2.24, 2.45) is 10.2 Å². The first-order valence-electron chi connectivity index (χ1n) is 14.9. The van der Waals surface area contributed by atoms with Gasteiger partial charge >= 0.3 is 0 Å². The van der Waals surface area contributed by atoms with E-state index < -0.39 is 0 Å². The standard InChI is InChI=1S/C35H33N7O2/c1-3-40(4-2)29-16-18-31-33(24-29)42(28-9-6-5-7-10-28)32-23-27(15-17-30(32)37-31)39-38-26-13-11-25(12-14-26)36-21-8-22-41-34(43)19-20-35(41)44/h5-7,9-20,23-24H,3-4,8,21-22H2,1-2H3/p+1. The third kappa shape index (κ3) is 6.03. The summed E-state index contributed by atoms with van der Waals surface area (Å²) in [5.74, 6) is -0.500. The van der Waals surface area contributed by atoms with Gasteiger partial charge in [0.1, 0.15) is 11.0 Å². The number of carbonyl (C=O) groups excluding carboxylic acids is 2. The highest BCUT2D eigenvalue weighted by Gasteiger charge is 2.23. The van der Waals surface area contributed by atoms with Gasteiger partial charge in [-0.1, -0.05) is 18.2 Å². The van der Waals surface area contributed by atoms with E-state index in [0.29, 0.717) is 19.5 Å². The Labute approximate surface area is 256 Å². The molecule has 0 saturated carbocycles. The molecule has 0 bridgehead atoms. The number of benzene rings is 4. The highest BCUT2D eigenvalue weighted by molar-refractivity contribution is 6.12. The first-order chi connectivity index (χ1) is 21.5. The maximum Gasteiger partial charge on any atom is 0.253 e. The molecule has 1 N–H and O–H groups in total. The van der Waals surface area contributed by atoms with Gasteiger partial charge in [-0.2, -0.15) is 10.2 Å². The molecular formula is C35H34N7O2+. The summed E-state index contributed by atoms with van der Waals surface area (Å²) in [6.45, 7) is 7.22. The van der Waals surface area contributed by atoms with Crippen LogP contribution in [0.1, 0.15) is 20.3 Å². The van der Waals surface area contributed by atoms with E-state index in [9.17, 15) is 9.59 Å². The molecule has 0 unspecified atom stereocenters. The van der Waals surface area contributed by atoms with Gasteiger partial charge < -0.3 is 10.2 Å². The van der Waals surface area contributed by atoms with E-state index in [1.807, 2.05) is 60.7 Å². The van der Waals surface area contributed by atoms with Gasteiger partial charge in [-0.05, 0) is 68.8 Å². The number of amides is 2. The number of para-hydroxylation sites is 1. The highest BCUT2D eigenvalue weighted by Crippen LogP contribution is 2.27. The van der Waals surface area contributed by atoms with Crippen LogP contribution in [0.4, 0.5) is 22.7 Å². The zero-order valence-electron chi connectivity index (χ0n) is 24.9. The van der Waals surface area contributed by atoms with Crippen molar-refractivity contribution in [1.29, 1.82) is 0 Å². The van der Waals surface area contributed by atoms with Gasteiger partial charge in [0.2, 0.25) is 16.7 Å². The zero-order valence-corrected chi connectivity index (χ0v) is 24.9. The highest BCUT2D eigenvalue weighted by atomic mass is 16.2. The van der Waals surface area contributed by atoms with Crippen molar-refractivity contribution < 1.29 is 14.2 Å². The lowest BCUT2D eigenvalue weighted by Gasteiger charge is -2.20. The molecule has 220 valence electrons. The number of nitrogens with one attached hydrogen (secondary N) is 1. The third-order valence-electron chi connectivity index (χ3n) is 7.72. The summed E-state index contributed by atoms with van der Waals surface area (Å²) in [5.41, 5.74) is 8.38. The van der Waals surface area contributed by atoms with Crippen molar-refractivity contribution >= 4 is 56.6 Å². The van der Waals surface area contributed by atoms with Crippen LogP contribution in [0.5, 0.6) is 0 Å². The predicted molar refractivity (Wildman–Crippen MR) is 174 cm³/mol. The maximum atomic E-state index is 11.7. The Hall–Kier alpha value is -5.44. The molecule has 1 aliphatic heterocycles. The van der Waals surface area contributed by atoms with Crippen LogP contribution >= 0.6 is 0 Å². The van der Waals surface area contributed by atoms with Crippen molar-refractivity contribution in [2.75, 3.05) is 36.4 Å². The predicted octanol–water partition coefficient (Wildman–Crippen LogP) is 6.65. The van der Waals surface area contributed by atoms with Crippen LogP contribution < -0.4 is 14.8 Å². The molecular weight excluding hydrogens is 550 g/mol. The Kier molecular flexibility index (Phi) is 8.36. The molecule has 2 amide bonds. The first-order valence-corrected chi connectivity index (χ1v) is 14.9. The molecule has 6 rings (SSSR count). The molecule has 0 spiro atoms. The van der Waals surface area contributed by atoms with Crippen LogP contribution in [-0.2, 0) is 9.59 Å². The minimum absolute atomic E-state index is 0.250. The van der Waals surface area contributed by atoms with E-state index in [2.05, 4.69) is 69.2 Å². The van der Waals surface area contributed by atoms with Crippen LogP contribution in [0.3, 0.4) is 0 Å². The minimum Gasteiger partial charge on any atom is -0.385 e. The average Bonchev–Trinajstić information content (AvgIpc) is 3.38. The summed E-state index contributed by atoms with van der Waals surface area (Å²) in [7, 11) is 0. The maximum absolute atomic E-state index is 11.7. The van der Waals surface area contributed by atoms with Crippen LogP contribution in [0.15, 0.2) is 113 Å². The Morgan fingerprint density at radius 2 is 1.41 bits per heavy atom. The lowest BCUT2D eigenvalue weighted by molar-refractivity contribution is -0.538. The molecule has 5 aromatic rings. The fraction of sp³-hybridized carbons (Fsp3) is 0.200. The second-order valence-electron chi connectivity index (χ2n) is 10.5. The van der Waals surface area contributed by atoms with E-state index in [1.165, 1.54) is 17.1 Å². The Bertz CT molecular complexity index is 1860. The van der Waals surface area contributed by atoms with Crippen molar-refractivity contribution in [3.8, 4) is 5.69 Å². The topological polar surface area (TPSA) is 94.1 Å². The summed E-state index contributed by atoms with van der Waals surface area (Å²) in [6.07, 6.45) is 3.28. The summed E-state index contributed by atoms with van der Waals surface area (Å²) in [4.78, 5) is 31.9. The number of fused-ring (bicyclic) bond motifs is 2. The number of azo groups is 1. The van der Waals surface area contributed by atoms with Gasteiger partial charge in [-0.25, -0.2) is 4.98 Å². The fourth-order valence-corrected chi connectivity index (χ4v) is 5.42. The second-order valence-corrected chi connectivity index (χ2v) is 10.5. The average molecular weight is 585 g/mol. The van der Waals surface area contributed by atoms with Gasteiger partial charge in [-0.3, -0.25) is 14.5 Å². The van der Waals surface area contributed by atoms with Crippen molar-refractivity contribution in [2.45, 2.75) is 20.3 Å². The van der Waals surface area contributed by atoms with Crippen molar-refractivity contribution in [1.82, 2.24) is 9.88 Å². The molecule has 0 fully saturated rings. The Balaban J connectivity index is 1.23. The van der Waals surface area contributed by atoms with Crippen molar-refractivity contribution in [3.63, 3.8) is 0 Å². The number of aromatic nitrogens is 2. The molecule has 9 nitrogen and oxygen atoms in total. The van der Waals surface area contributed by atoms with E-state index in [4.69, 9.17) is 4.98 Å². The summed E-state index contributed by atoms with van der Waals surface area (Å²) >= 11 is 0. The molecule has 44 heavy (non-hydrogen) atoms. The molecule has 0 aliphatic carbocycles. The summed E-state index contributed by atoms with van der Waals surface area (Å²) < 4.78 is 2.25. The van der Waals surface area contributed by atoms with E-state index in [0.717, 1.165) is 63.6 Å². The normalized spacial score (nSPS) is 13.1. The van der Waals surface area contributed by atoms with Gasteiger partial charge in [0.15, 0.2) is 0 Å². The van der Waals surface area contributed by atoms with E-state index in [1.54, 1.807) is 0 Å². The molecule has 1 aromatic heterocycles. The second kappa shape index (κ2) is 12.8.